The highest BCUT2D eigenvalue weighted by atomic mass is 32.2. The van der Waals surface area contributed by atoms with Crippen molar-refractivity contribution in [3.8, 4) is 0 Å². The molecule has 0 heterocycles. The molecule has 0 unspecified atom stereocenters. The fraction of sp³-hybridized carbons (Fsp3) is 0.333. The van der Waals surface area contributed by atoms with Gasteiger partial charge in [0.1, 0.15) is 0 Å². The Hall–Kier alpha value is -1.91. The molecule has 0 bridgehead atoms. The van der Waals surface area contributed by atoms with Crippen molar-refractivity contribution in [2.45, 2.75) is 37.5 Å². The molecule has 4 heteroatoms. The van der Waals surface area contributed by atoms with Crippen LogP contribution in [0.2, 0.25) is 0 Å². The Morgan fingerprint density at radius 1 is 1.00 bits per heavy atom. The molecule has 0 amide bonds. The zero-order valence-corrected chi connectivity index (χ0v) is 16.3. The van der Waals surface area contributed by atoms with Crippen molar-refractivity contribution in [3.63, 3.8) is 0 Å². The van der Waals surface area contributed by atoms with Gasteiger partial charge in [-0.15, -0.1) is 0 Å². The Morgan fingerprint density at radius 2 is 1.52 bits per heavy atom. The Kier molecular flexibility index (Phi) is 6.20. The fourth-order valence-electron chi connectivity index (χ4n) is 2.89. The maximum Gasteiger partial charge on any atom is 0.242 e. The van der Waals surface area contributed by atoms with Crippen molar-refractivity contribution in [3.05, 3.63) is 77.9 Å². The molecule has 2 aromatic carbocycles. The first kappa shape index (κ1) is 19.4. The number of likely N-dealkylation sites (N-methyl/N-ethyl adjacent to an activating group) is 1. The lowest BCUT2D eigenvalue weighted by molar-refractivity contribution is 0.352. The third kappa shape index (κ3) is 4.80. The van der Waals surface area contributed by atoms with Crippen molar-refractivity contribution >= 4 is 10.0 Å². The first-order valence-electron chi connectivity index (χ1n) is 8.46. The third-order valence-electron chi connectivity index (χ3n) is 4.45. The van der Waals surface area contributed by atoms with Gasteiger partial charge in [0.05, 0.1) is 4.90 Å². The summed E-state index contributed by atoms with van der Waals surface area (Å²) in [5, 5.41) is 0. The van der Waals surface area contributed by atoms with Gasteiger partial charge < -0.3 is 0 Å². The van der Waals surface area contributed by atoms with Crippen LogP contribution in [-0.4, -0.2) is 26.3 Å². The van der Waals surface area contributed by atoms with Crippen LogP contribution in [0.25, 0.3) is 0 Å². The highest BCUT2D eigenvalue weighted by Gasteiger charge is 2.32. The minimum Gasteiger partial charge on any atom is -0.207 e. The van der Waals surface area contributed by atoms with Gasteiger partial charge in [-0.05, 0) is 38.0 Å². The van der Waals surface area contributed by atoms with Crippen molar-refractivity contribution in [1.29, 1.82) is 0 Å². The van der Waals surface area contributed by atoms with Crippen LogP contribution >= 0.6 is 0 Å². The fourth-order valence-corrected chi connectivity index (χ4v) is 4.21. The van der Waals surface area contributed by atoms with Crippen LogP contribution in [0, 0.1) is 0 Å². The van der Waals surface area contributed by atoms with Crippen LogP contribution in [0.15, 0.2) is 77.2 Å². The number of allylic oxidation sites excluding steroid dienone is 2. The molecule has 0 fully saturated rings. The molecular formula is C21H27NO2S. The summed E-state index contributed by atoms with van der Waals surface area (Å²) < 4.78 is 27.2. The summed E-state index contributed by atoms with van der Waals surface area (Å²) in [6.07, 6.45) is 2.96. The van der Waals surface area contributed by atoms with E-state index in [1.807, 2.05) is 24.3 Å². The number of rotatable bonds is 7. The second-order valence-electron chi connectivity index (χ2n) is 6.99. The summed E-state index contributed by atoms with van der Waals surface area (Å²) >= 11 is 0. The van der Waals surface area contributed by atoms with E-state index < -0.39 is 10.0 Å². The zero-order valence-electron chi connectivity index (χ0n) is 15.4. The maximum absolute atomic E-state index is 12.9. The van der Waals surface area contributed by atoms with Gasteiger partial charge in [0.15, 0.2) is 0 Å². The van der Waals surface area contributed by atoms with E-state index in [2.05, 4.69) is 39.0 Å². The first-order valence-corrected chi connectivity index (χ1v) is 9.90. The zero-order chi connectivity index (χ0) is 18.5. The van der Waals surface area contributed by atoms with Gasteiger partial charge in [-0.3, -0.25) is 0 Å². The average Bonchev–Trinajstić information content (AvgIpc) is 2.61. The van der Waals surface area contributed by atoms with E-state index in [1.54, 1.807) is 31.3 Å². The van der Waals surface area contributed by atoms with Gasteiger partial charge >= 0.3 is 0 Å². The molecule has 0 aliphatic carbocycles. The molecular weight excluding hydrogens is 330 g/mol. The van der Waals surface area contributed by atoms with E-state index in [9.17, 15) is 8.42 Å². The Bertz CT molecular complexity index is 809. The van der Waals surface area contributed by atoms with Crippen LogP contribution in [0.5, 0.6) is 0 Å². The molecule has 2 rings (SSSR count). The van der Waals surface area contributed by atoms with Crippen LogP contribution in [0.3, 0.4) is 0 Å². The van der Waals surface area contributed by atoms with E-state index in [-0.39, 0.29) is 5.41 Å². The molecule has 0 radical (unpaired) electrons. The highest BCUT2D eigenvalue weighted by Crippen LogP contribution is 2.31. The van der Waals surface area contributed by atoms with Crippen molar-refractivity contribution in [2.24, 2.45) is 0 Å². The minimum absolute atomic E-state index is 0.296. The highest BCUT2D eigenvalue weighted by molar-refractivity contribution is 7.89. The predicted octanol–water partition coefficient (Wildman–Crippen LogP) is 4.62. The number of hydrogen-bond acceptors (Lipinski definition) is 2. The van der Waals surface area contributed by atoms with Crippen molar-refractivity contribution in [1.82, 2.24) is 4.31 Å². The van der Waals surface area contributed by atoms with Gasteiger partial charge in [-0.1, -0.05) is 67.1 Å². The van der Waals surface area contributed by atoms with Crippen molar-refractivity contribution in [2.75, 3.05) is 13.6 Å². The summed E-state index contributed by atoms with van der Waals surface area (Å²) in [7, 11) is -1.85. The van der Waals surface area contributed by atoms with Crippen LogP contribution in [-0.2, 0) is 15.4 Å². The normalized spacial score (nSPS) is 14.1. The monoisotopic (exact) mass is 357 g/mol. The van der Waals surface area contributed by atoms with E-state index in [1.165, 1.54) is 9.88 Å². The van der Waals surface area contributed by atoms with E-state index >= 15 is 0 Å². The average molecular weight is 358 g/mol. The number of hydrogen-bond donors (Lipinski definition) is 0. The topological polar surface area (TPSA) is 37.4 Å². The molecule has 0 saturated heterocycles. The van der Waals surface area contributed by atoms with E-state index in [0.717, 1.165) is 12.0 Å². The van der Waals surface area contributed by atoms with Gasteiger partial charge in [0.25, 0.3) is 0 Å². The molecule has 0 aromatic heterocycles. The van der Waals surface area contributed by atoms with Crippen molar-refractivity contribution < 1.29 is 8.42 Å². The number of nitrogens with zero attached hydrogens (tertiary/aromatic N) is 1. The van der Waals surface area contributed by atoms with Crippen LogP contribution in [0.1, 0.15) is 32.8 Å². The summed E-state index contributed by atoms with van der Waals surface area (Å²) in [4.78, 5) is 0.329. The van der Waals surface area contributed by atoms with Gasteiger partial charge in [0.2, 0.25) is 10.0 Å². The summed E-state index contributed by atoms with van der Waals surface area (Å²) in [6, 6.07) is 18.7. The first-order chi connectivity index (χ1) is 11.8. The minimum atomic E-state index is -3.51. The smallest absolute Gasteiger partial charge is 0.207 e. The molecule has 2 aromatic rings. The lowest BCUT2D eigenvalue weighted by Gasteiger charge is -2.33. The summed E-state index contributed by atoms with van der Waals surface area (Å²) in [5.74, 6) is 0. The second-order valence-corrected chi connectivity index (χ2v) is 9.03. The number of benzene rings is 2. The maximum atomic E-state index is 12.9. The molecule has 134 valence electrons. The molecule has 0 aliphatic heterocycles. The molecule has 0 N–H and O–H groups in total. The van der Waals surface area contributed by atoms with Gasteiger partial charge in [-0.2, -0.15) is 0 Å². The SMILES string of the molecule is CC(C)=CC[C@@](C)(CN(C)S(=O)(=O)c1ccccc1)c1ccccc1. The lowest BCUT2D eigenvalue weighted by atomic mass is 9.79. The predicted molar refractivity (Wildman–Crippen MR) is 104 cm³/mol. The second kappa shape index (κ2) is 7.98. The molecule has 0 spiro atoms. The molecule has 0 saturated carbocycles. The Balaban J connectivity index is 2.35. The van der Waals surface area contributed by atoms with Gasteiger partial charge in [-0.25, -0.2) is 12.7 Å². The largest absolute Gasteiger partial charge is 0.242 e. The van der Waals surface area contributed by atoms with E-state index in [4.69, 9.17) is 0 Å². The molecule has 3 nitrogen and oxygen atoms in total. The quantitative estimate of drug-likeness (QED) is 0.678. The molecule has 25 heavy (non-hydrogen) atoms. The lowest BCUT2D eigenvalue weighted by Crippen LogP contribution is -2.40. The standard InChI is InChI=1S/C21H27NO2S/c1-18(2)15-16-21(3,19-11-7-5-8-12-19)17-22(4)25(23,24)20-13-9-6-10-14-20/h5-15H,16-17H2,1-4H3/t21-/m0/s1. The van der Waals surface area contributed by atoms with Gasteiger partial charge in [0, 0.05) is 19.0 Å². The Morgan fingerprint density at radius 3 is 2.04 bits per heavy atom. The van der Waals surface area contributed by atoms with Crippen LogP contribution in [0.4, 0.5) is 0 Å². The number of sulfonamides is 1. The summed E-state index contributed by atoms with van der Waals surface area (Å²) in [6.45, 7) is 6.67. The summed E-state index contributed by atoms with van der Waals surface area (Å²) in [5.41, 5.74) is 2.08. The van der Waals surface area contributed by atoms with E-state index in [0.29, 0.717) is 11.4 Å². The Labute approximate surface area is 152 Å². The molecule has 0 aliphatic rings. The van der Waals surface area contributed by atoms with Crippen LogP contribution < -0.4 is 0 Å². The molecule has 1 atom stereocenters. The third-order valence-corrected chi connectivity index (χ3v) is 6.27.